The van der Waals surface area contributed by atoms with E-state index in [1.807, 2.05) is 0 Å². The number of allylic oxidation sites excluding steroid dienone is 2. The second-order valence-electron chi connectivity index (χ2n) is 4.36. The lowest BCUT2D eigenvalue weighted by molar-refractivity contribution is 0.364. The highest BCUT2D eigenvalue weighted by atomic mass is 14.2. The minimum atomic E-state index is 0.912. The van der Waals surface area contributed by atoms with Crippen LogP contribution in [-0.4, -0.2) is 0 Å². The van der Waals surface area contributed by atoms with E-state index in [1.54, 1.807) is 5.57 Å². The molecule has 0 heterocycles. The molecule has 0 aromatic heterocycles. The molecule has 0 spiro atoms. The first-order valence-electron chi connectivity index (χ1n) is 5.42. The molecule has 0 saturated heterocycles. The summed E-state index contributed by atoms with van der Waals surface area (Å²) in [5.74, 6) is 1.83. The van der Waals surface area contributed by atoms with Crippen molar-refractivity contribution in [3.05, 3.63) is 11.6 Å². The molecule has 0 aromatic carbocycles. The standard InChI is InChI=1S/C12H22/c1-4-5-6-12-8-7-10(2)11(3)9-12/h8,10-11H,4-7,9H2,1-3H3. The van der Waals surface area contributed by atoms with Crippen molar-refractivity contribution in [3.8, 4) is 0 Å². The van der Waals surface area contributed by atoms with Gasteiger partial charge in [-0.25, -0.2) is 0 Å². The first kappa shape index (κ1) is 9.83. The van der Waals surface area contributed by atoms with Crippen molar-refractivity contribution >= 4 is 0 Å². The zero-order valence-corrected chi connectivity index (χ0v) is 8.77. The lowest BCUT2D eigenvalue weighted by Gasteiger charge is -2.25. The molecule has 0 saturated carbocycles. The van der Waals surface area contributed by atoms with Crippen LogP contribution < -0.4 is 0 Å². The lowest BCUT2D eigenvalue weighted by Crippen LogP contribution is -2.12. The van der Waals surface area contributed by atoms with Gasteiger partial charge in [0.25, 0.3) is 0 Å². The summed E-state index contributed by atoms with van der Waals surface area (Å²) in [5, 5.41) is 0. The van der Waals surface area contributed by atoms with Crippen LogP contribution in [-0.2, 0) is 0 Å². The molecule has 0 amide bonds. The minimum absolute atomic E-state index is 0.912. The molecular formula is C12H22. The van der Waals surface area contributed by atoms with E-state index in [2.05, 4.69) is 26.8 Å². The van der Waals surface area contributed by atoms with Crippen molar-refractivity contribution in [1.82, 2.24) is 0 Å². The van der Waals surface area contributed by atoms with Gasteiger partial charge in [0.15, 0.2) is 0 Å². The number of unbranched alkanes of at least 4 members (excludes halogenated alkanes) is 1. The summed E-state index contributed by atoms with van der Waals surface area (Å²) in [6.07, 6.45) is 9.24. The zero-order valence-electron chi connectivity index (χ0n) is 8.77. The van der Waals surface area contributed by atoms with Gasteiger partial charge in [0.2, 0.25) is 0 Å². The average Bonchev–Trinajstić information content (AvgIpc) is 2.07. The van der Waals surface area contributed by atoms with E-state index < -0.39 is 0 Å². The van der Waals surface area contributed by atoms with Gasteiger partial charge in [0, 0.05) is 0 Å². The van der Waals surface area contributed by atoms with Crippen LogP contribution >= 0.6 is 0 Å². The summed E-state index contributed by atoms with van der Waals surface area (Å²) < 4.78 is 0. The minimum Gasteiger partial charge on any atom is -0.0850 e. The number of hydrogen-bond donors (Lipinski definition) is 0. The summed E-state index contributed by atoms with van der Waals surface area (Å²) in [6, 6.07) is 0. The lowest BCUT2D eigenvalue weighted by atomic mass is 9.81. The fraction of sp³-hybridized carbons (Fsp3) is 0.833. The normalized spacial score (nSPS) is 30.1. The highest BCUT2D eigenvalue weighted by molar-refractivity contribution is 5.07. The Bertz CT molecular complexity index is 155. The molecule has 0 radical (unpaired) electrons. The topological polar surface area (TPSA) is 0 Å². The summed E-state index contributed by atoms with van der Waals surface area (Å²) in [4.78, 5) is 0. The Hall–Kier alpha value is -0.260. The Morgan fingerprint density at radius 1 is 1.33 bits per heavy atom. The molecule has 1 rings (SSSR count). The third-order valence-corrected chi connectivity index (χ3v) is 3.19. The van der Waals surface area contributed by atoms with Gasteiger partial charge in [-0.3, -0.25) is 0 Å². The molecule has 0 nitrogen and oxygen atoms in total. The molecular weight excluding hydrogens is 144 g/mol. The van der Waals surface area contributed by atoms with Crippen molar-refractivity contribution in [2.24, 2.45) is 11.8 Å². The van der Waals surface area contributed by atoms with Gasteiger partial charge in [-0.05, 0) is 37.5 Å². The predicted octanol–water partition coefficient (Wildman–Crippen LogP) is 4.17. The molecule has 0 aliphatic heterocycles. The van der Waals surface area contributed by atoms with Crippen LogP contribution in [0.2, 0.25) is 0 Å². The molecule has 2 unspecified atom stereocenters. The fourth-order valence-electron chi connectivity index (χ4n) is 1.89. The van der Waals surface area contributed by atoms with E-state index in [0.29, 0.717) is 0 Å². The molecule has 70 valence electrons. The van der Waals surface area contributed by atoms with Crippen LogP contribution in [0.1, 0.15) is 52.9 Å². The van der Waals surface area contributed by atoms with E-state index in [9.17, 15) is 0 Å². The second-order valence-corrected chi connectivity index (χ2v) is 4.36. The molecule has 12 heavy (non-hydrogen) atoms. The second kappa shape index (κ2) is 4.69. The third kappa shape index (κ3) is 2.66. The molecule has 0 aromatic rings. The van der Waals surface area contributed by atoms with Gasteiger partial charge < -0.3 is 0 Å². The summed E-state index contributed by atoms with van der Waals surface area (Å²) in [6.45, 7) is 7.04. The van der Waals surface area contributed by atoms with Gasteiger partial charge in [-0.2, -0.15) is 0 Å². The first-order chi connectivity index (χ1) is 5.74. The van der Waals surface area contributed by atoms with Crippen LogP contribution in [0.4, 0.5) is 0 Å². The Morgan fingerprint density at radius 2 is 2.08 bits per heavy atom. The molecule has 0 heteroatoms. The van der Waals surface area contributed by atoms with Gasteiger partial charge in [-0.1, -0.05) is 38.8 Å². The quantitative estimate of drug-likeness (QED) is 0.552. The van der Waals surface area contributed by atoms with E-state index in [1.165, 1.54) is 32.1 Å². The smallest absolute Gasteiger partial charge is 0.0292 e. The van der Waals surface area contributed by atoms with Crippen molar-refractivity contribution in [2.75, 3.05) is 0 Å². The molecule has 0 fully saturated rings. The number of rotatable bonds is 3. The Labute approximate surface area is 77.1 Å². The van der Waals surface area contributed by atoms with Gasteiger partial charge >= 0.3 is 0 Å². The third-order valence-electron chi connectivity index (χ3n) is 3.19. The summed E-state index contributed by atoms with van der Waals surface area (Å²) >= 11 is 0. The van der Waals surface area contributed by atoms with Crippen LogP contribution in [0.15, 0.2) is 11.6 Å². The van der Waals surface area contributed by atoms with Crippen LogP contribution in [0.5, 0.6) is 0 Å². The fourth-order valence-corrected chi connectivity index (χ4v) is 1.89. The number of hydrogen-bond acceptors (Lipinski definition) is 0. The molecule has 0 N–H and O–H groups in total. The Balaban J connectivity index is 2.36. The molecule has 1 aliphatic carbocycles. The average molecular weight is 166 g/mol. The van der Waals surface area contributed by atoms with Crippen molar-refractivity contribution < 1.29 is 0 Å². The Kier molecular flexibility index (Phi) is 3.84. The van der Waals surface area contributed by atoms with Crippen LogP contribution in [0.25, 0.3) is 0 Å². The van der Waals surface area contributed by atoms with Crippen LogP contribution in [0.3, 0.4) is 0 Å². The van der Waals surface area contributed by atoms with E-state index in [0.717, 1.165) is 11.8 Å². The molecule has 2 atom stereocenters. The van der Waals surface area contributed by atoms with E-state index in [4.69, 9.17) is 0 Å². The van der Waals surface area contributed by atoms with E-state index >= 15 is 0 Å². The Morgan fingerprint density at radius 3 is 2.67 bits per heavy atom. The zero-order chi connectivity index (χ0) is 8.97. The molecule has 0 bridgehead atoms. The van der Waals surface area contributed by atoms with Gasteiger partial charge in [0.1, 0.15) is 0 Å². The van der Waals surface area contributed by atoms with E-state index in [-0.39, 0.29) is 0 Å². The predicted molar refractivity (Wildman–Crippen MR) is 55.2 cm³/mol. The van der Waals surface area contributed by atoms with Crippen molar-refractivity contribution in [3.63, 3.8) is 0 Å². The molecule has 1 aliphatic rings. The summed E-state index contributed by atoms with van der Waals surface area (Å²) in [7, 11) is 0. The maximum Gasteiger partial charge on any atom is -0.0292 e. The van der Waals surface area contributed by atoms with Gasteiger partial charge in [-0.15, -0.1) is 0 Å². The highest BCUT2D eigenvalue weighted by Crippen LogP contribution is 2.30. The largest absolute Gasteiger partial charge is 0.0850 e. The maximum absolute atomic E-state index is 2.49. The van der Waals surface area contributed by atoms with Gasteiger partial charge in [0.05, 0.1) is 0 Å². The SMILES string of the molecule is CCCCC1=CCC(C)C(C)C1. The van der Waals surface area contributed by atoms with Crippen LogP contribution in [0, 0.1) is 11.8 Å². The maximum atomic E-state index is 2.49. The first-order valence-corrected chi connectivity index (χ1v) is 5.42. The van der Waals surface area contributed by atoms with Crippen molar-refractivity contribution in [1.29, 1.82) is 0 Å². The summed E-state index contributed by atoms with van der Waals surface area (Å²) in [5.41, 5.74) is 1.72. The highest BCUT2D eigenvalue weighted by Gasteiger charge is 2.17. The van der Waals surface area contributed by atoms with Crippen molar-refractivity contribution in [2.45, 2.75) is 52.9 Å². The monoisotopic (exact) mass is 166 g/mol.